The molecule has 3 aromatic carbocycles. The Hall–Kier alpha value is -3.97. The maximum Gasteiger partial charge on any atom is 0.273 e. The van der Waals surface area contributed by atoms with E-state index in [-0.39, 0.29) is 11.7 Å². The second kappa shape index (κ2) is 12.0. The van der Waals surface area contributed by atoms with Gasteiger partial charge in [-0.3, -0.25) is 9.89 Å². The van der Waals surface area contributed by atoms with Gasteiger partial charge in [0, 0.05) is 22.7 Å². The van der Waals surface area contributed by atoms with Crippen molar-refractivity contribution in [1.29, 1.82) is 0 Å². The van der Waals surface area contributed by atoms with Crippen molar-refractivity contribution in [3.63, 3.8) is 0 Å². The van der Waals surface area contributed by atoms with E-state index in [9.17, 15) is 9.90 Å². The molecule has 2 heterocycles. The Morgan fingerprint density at radius 2 is 1.75 bits per heavy atom. The monoisotopic (exact) mass is 559 g/mol. The first-order chi connectivity index (χ1) is 19.4. The lowest BCUT2D eigenvalue weighted by Gasteiger charge is -2.27. The lowest BCUT2D eigenvalue weighted by Crippen LogP contribution is -2.29. The number of carbonyl (C=O) groups excluding carboxylic acids is 1. The van der Waals surface area contributed by atoms with Gasteiger partial charge in [0.05, 0.1) is 19.8 Å². The number of phenols is 1. The number of H-pyrrole nitrogens is 1. The number of aromatic hydroxyl groups is 1. The van der Waals surface area contributed by atoms with E-state index >= 15 is 0 Å². The highest BCUT2D eigenvalue weighted by Crippen LogP contribution is 2.46. The van der Waals surface area contributed by atoms with Crippen molar-refractivity contribution >= 4 is 17.5 Å². The Morgan fingerprint density at radius 1 is 1.02 bits per heavy atom. The van der Waals surface area contributed by atoms with Gasteiger partial charge in [-0.1, -0.05) is 62.1 Å². The summed E-state index contributed by atoms with van der Waals surface area (Å²) in [5, 5.41) is 18.8. The molecular weight excluding hydrogens is 526 g/mol. The molecule has 8 heteroatoms. The third-order valence-corrected chi connectivity index (χ3v) is 7.78. The van der Waals surface area contributed by atoms with Crippen LogP contribution in [-0.4, -0.2) is 39.8 Å². The van der Waals surface area contributed by atoms with Crippen molar-refractivity contribution in [2.45, 2.75) is 52.1 Å². The normalized spacial score (nSPS) is 14.4. The van der Waals surface area contributed by atoms with E-state index in [0.717, 1.165) is 41.0 Å². The summed E-state index contributed by atoms with van der Waals surface area (Å²) in [5.74, 6) is 1.44. The lowest BCUT2D eigenvalue weighted by atomic mass is 9.95. The second-order valence-electron chi connectivity index (χ2n) is 10.1. The highest BCUT2D eigenvalue weighted by atomic mass is 35.5. The first-order valence-corrected chi connectivity index (χ1v) is 14.0. The molecule has 5 rings (SSSR count). The van der Waals surface area contributed by atoms with Gasteiger partial charge in [-0.05, 0) is 66.4 Å². The van der Waals surface area contributed by atoms with Crippen LogP contribution in [0.3, 0.4) is 0 Å². The average molecular weight is 560 g/mol. The number of hydrogen-bond donors (Lipinski definition) is 2. The molecule has 0 aliphatic carbocycles. The fraction of sp³-hybridized carbons (Fsp3) is 0.312. The maximum atomic E-state index is 13.8. The third kappa shape index (κ3) is 5.52. The summed E-state index contributed by atoms with van der Waals surface area (Å²) >= 11 is 6.43. The van der Waals surface area contributed by atoms with Gasteiger partial charge in [0.25, 0.3) is 5.91 Å². The minimum absolute atomic E-state index is 0.0582. The first kappa shape index (κ1) is 27.6. The van der Waals surface area contributed by atoms with Crippen LogP contribution >= 0.6 is 11.6 Å². The van der Waals surface area contributed by atoms with Crippen molar-refractivity contribution in [3.05, 3.63) is 93.6 Å². The molecule has 0 saturated heterocycles. The molecule has 0 saturated carbocycles. The van der Waals surface area contributed by atoms with E-state index in [4.69, 9.17) is 21.1 Å². The summed E-state index contributed by atoms with van der Waals surface area (Å²) in [7, 11) is 1.63. The van der Waals surface area contributed by atoms with Crippen LogP contribution in [-0.2, 0) is 6.54 Å². The van der Waals surface area contributed by atoms with E-state index in [1.54, 1.807) is 19.2 Å². The first-order valence-electron chi connectivity index (χ1n) is 13.7. The molecule has 1 amide bonds. The predicted octanol–water partition coefficient (Wildman–Crippen LogP) is 7.46. The molecule has 2 N–H and O–H groups in total. The molecule has 0 fully saturated rings. The largest absolute Gasteiger partial charge is 0.507 e. The zero-order valence-electron chi connectivity index (χ0n) is 23.0. The van der Waals surface area contributed by atoms with Crippen LogP contribution in [0.5, 0.6) is 17.2 Å². The zero-order valence-corrected chi connectivity index (χ0v) is 23.8. The Labute approximate surface area is 239 Å². The van der Waals surface area contributed by atoms with Crippen molar-refractivity contribution in [2.24, 2.45) is 0 Å². The van der Waals surface area contributed by atoms with E-state index < -0.39 is 6.04 Å². The summed E-state index contributed by atoms with van der Waals surface area (Å²) in [4.78, 5) is 15.6. The second-order valence-corrected chi connectivity index (χ2v) is 10.5. The number of benzene rings is 3. The molecule has 0 spiro atoms. The molecular formula is C32H34ClN3O4. The summed E-state index contributed by atoms with van der Waals surface area (Å²) in [6, 6.07) is 18.4. The number of phenolic OH excluding ortho intramolecular Hbond substituents is 1. The van der Waals surface area contributed by atoms with Gasteiger partial charge in [0.15, 0.2) is 0 Å². The van der Waals surface area contributed by atoms with Crippen molar-refractivity contribution < 1.29 is 19.4 Å². The van der Waals surface area contributed by atoms with E-state index in [1.807, 2.05) is 60.4 Å². The number of fused-ring (bicyclic) bond motifs is 1. The van der Waals surface area contributed by atoms with Crippen LogP contribution in [0, 0.1) is 6.92 Å². The number of nitrogens with zero attached hydrogens (tertiary/aromatic N) is 2. The number of unbranched alkanes of at least 4 members (excludes halogenated alkanes) is 3. The number of nitrogens with one attached hydrogen (secondary N) is 1. The molecule has 1 unspecified atom stereocenters. The van der Waals surface area contributed by atoms with Gasteiger partial charge in [-0.2, -0.15) is 5.10 Å². The number of methoxy groups -OCH3 is 1. The van der Waals surface area contributed by atoms with Gasteiger partial charge >= 0.3 is 0 Å². The number of carbonyl (C=O) groups is 1. The van der Waals surface area contributed by atoms with Crippen LogP contribution < -0.4 is 9.47 Å². The Balaban J connectivity index is 1.51. The van der Waals surface area contributed by atoms with Crippen LogP contribution in [0.2, 0.25) is 5.02 Å². The topological polar surface area (TPSA) is 87.7 Å². The Morgan fingerprint density at radius 3 is 2.45 bits per heavy atom. The predicted molar refractivity (Wildman–Crippen MR) is 156 cm³/mol. The molecule has 4 aromatic rings. The minimum Gasteiger partial charge on any atom is -0.507 e. The molecule has 0 bridgehead atoms. The number of halogens is 1. The van der Waals surface area contributed by atoms with Gasteiger partial charge < -0.3 is 19.5 Å². The molecule has 1 aliphatic heterocycles. The average Bonchev–Trinajstić information content (AvgIpc) is 3.50. The minimum atomic E-state index is -0.434. The smallest absolute Gasteiger partial charge is 0.273 e. The Bertz CT molecular complexity index is 1480. The van der Waals surface area contributed by atoms with Crippen LogP contribution in [0.25, 0.3) is 11.3 Å². The number of hydrogen-bond acceptors (Lipinski definition) is 5. The van der Waals surface area contributed by atoms with Crippen molar-refractivity contribution in [3.8, 4) is 28.5 Å². The summed E-state index contributed by atoms with van der Waals surface area (Å²) in [6.07, 6.45) is 4.57. The van der Waals surface area contributed by atoms with Gasteiger partial charge in [0.1, 0.15) is 28.6 Å². The fourth-order valence-electron chi connectivity index (χ4n) is 5.16. The number of amides is 1. The van der Waals surface area contributed by atoms with Crippen LogP contribution in [0.15, 0.2) is 60.7 Å². The van der Waals surface area contributed by atoms with E-state index in [1.165, 1.54) is 12.8 Å². The van der Waals surface area contributed by atoms with E-state index in [2.05, 4.69) is 17.1 Å². The maximum absolute atomic E-state index is 13.8. The summed E-state index contributed by atoms with van der Waals surface area (Å²) < 4.78 is 11.3. The highest BCUT2D eigenvalue weighted by Gasteiger charge is 2.42. The molecule has 1 aliphatic rings. The Kier molecular flexibility index (Phi) is 8.31. The zero-order chi connectivity index (χ0) is 28.2. The highest BCUT2D eigenvalue weighted by molar-refractivity contribution is 6.31. The number of rotatable bonds is 11. The number of aromatic amines is 1. The summed E-state index contributed by atoms with van der Waals surface area (Å²) in [6.45, 7) is 5.08. The van der Waals surface area contributed by atoms with Crippen LogP contribution in [0.1, 0.15) is 71.4 Å². The number of ether oxygens (including phenoxy) is 2. The quantitative estimate of drug-likeness (QED) is 0.186. The molecule has 1 atom stereocenters. The molecule has 7 nitrogen and oxygen atoms in total. The third-order valence-electron chi connectivity index (χ3n) is 7.37. The van der Waals surface area contributed by atoms with Crippen molar-refractivity contribution in [2.75, 3.05) is 13.7 Å². The molecule has 40 heavy (non-hydrogen) atoms. The molecule has 0 radical (unpaired) electrons. The van der Waals surface area contributed by atoms with Gasteiger partial charge in [-0.15, -0.1) is 0 Å². The number of aromatic nitrogens is 2. The SMILES string of the molecule is CCCCCCOc1ccc(C2c3c(-c4cc(Cl)c(C)cc4O)n[nH]c3C(=O)N2Cc2ccc(OC)cc2)cc1. The van der Waals surface area contributed by atoms with Crippen molar-refractivity contribution in [1.82, 2.24) is 15.1 Å². The van der Waals surface area contributed by atoms with Crippen LogP contribution in [0.4, 0.5) is 0 Å². The van der Waals surface area contributed by atoms with Gasteiger partial charge in [0.2, 0.25) is 0 Å². The standard InChI is InChI=1S/C32H34ClN3O4/c1-4-5-6-7-16-40-24-14-10-22(11-15-24)31-28-29(25-18-26(33)20(2)17-27(25)37)34-35-30(28)32(38)36(31)19-21-8-12-23(39-3)13-9-21/h8-15,17-18,31,37H,4-7,16,19H2,1-3H3,(H,34,35). The van der Waals surface area contributed by atoms with Gasteiger partial charge in [-0.25, -0.2) is 0 Å². The summed E-state index contributed by atoms with van der Waals surface area (Å²) in [5.41, 5.74) is 4.73. The fourth-order valence-corrected chi connectivity index (χ4v) is 5.32. The van der Waals surface area contributed by atoms with E-state index in [0.29, 0.717) is 40.7 Å². The molecule has 1 aromatic heterocycles. The molecule has 208 valence electrons. The number of aryl methyl sites for hydroxylation is 1. The lowest BCUT2D eigenvalue weighted by molar-refractivity contribution is 0.0730.